The van der Waals surface area contributed by atoms with Crippen LogP contribution < -0.4 is 5.73 Å². The van der Waals surface area contributed by atoms with Crippen LogP contribution in [0.2, 0.25) is 0 Å². The van der Waals surface area contributed by atoms with Crippen molar-refractivity contribution in [3.05, 3.63) is 29.8 Å². The number of likely N-dealkylation sites (N-methyl/N-ethyl adjacent to an activating group) is 1. The average molecular weight is 335 g/mol. The number of carbonyl (C=O) groups is 2. The van der Waals surface area contributed by atoms with Gasteiger partial charge in [-0.2, -0.15) is 0 Å². The molecule has 1 aliphatic heterocycles. The fourth-order valence-electron chi connectivity index (χ4n) is 2.84. The minimum atomic E-state index is -0.260. The van der Waals surface area contributed by atoms with Crippen LogP contribution in [-0.2, 0) is 16.1 Å². The molecule has 0 aliphatic carbocycles. The van der Waals surface area contributed by atoms with Crippen molar-refractivity contribution in [3.8, 4) is 0 Å². The number of benzene rings is 1. The molecule has 0 radical (unpaired) electrons. The van der Waals surface area contributed by atoms with Gasteiger partial charge in [0.1, 0.15) is 0 Å². The first kappa shape index (κ1) is 17.8. The number of hydrogen-bond acceptors (Lipinski definition) is 4. The van der Waals surface area contributed by atoms with Gasteiger partial charge in [-0.15, -0.1) is 11.8 Å². The van der Waals surface area contributed by atoms with E-state index >= 15 is 0 Å². The lowest BCUT2D eigenvalue weighted by atomic mass is 9.97. The first-order chi connectivity index (χ1) is 11.0. The van der Waals surface area contributed by atoms with Crippen LogP contribution in [0.25, 0.3) is 0 Å². The highest BCUT2D eigenvalue weighted by Gasteiger charge is 2.25. The lowest BCUT2D eigenvalue weighted by Gasteiger charge is -2.31. The number of likely N-dealkylation sites (tertiary alicyclic amines) is 1. The number of piperidine rings is 1. The van der Waals surface area contributed by atoms with E-state index in [0.29, 0.717) is 19.6 Å². The molecule has 6 heteroatoms. The van der Waals surface area contributed by atoms with E-state index in [1.165, 1.54) is 4.90 Å². The predicted molar refractivity (Wildman–Crippen MR) is 93.1 cm³/mol. The average Bonchev–Trinajstić information content (AvgIpc) is 2.55. The summed E-state index contributed by atoms with van der Waals surface area (Å²) in [5.74, 6) is -0.311. The second-order valence-electron chi connectivity index (χ2n) is 6.07. The molecule has 2 amide bonds. The van der Waals surface area contributed by atoms with Crippen LogP contribution in [0.4, 0.5) is 0 Å². The van der Waals surface area contributed by atoms with E-state index in [2.05, 4.69) is 24.3 Å². The maximum Gasteiger partial charge on any atom is 0.236 e. The number of thioether (sulfide) groups is 1. The van der Waals surface area contributed by atoms with Crippen LogP contribution in [-0.4, -0.2) is 54.6 Å². The Balaban J connectivity index is 1.85. The zero-order valence-corrected chi connectivity index (χ0v) is 14.6. The number of hydrogen-bond donors (Lipinski definition) is 1. The predicted octanol–water partition coefficient (Wildman–Crippen LogP) is 1.56. The van der Waals surface area contributed by atoms with E-state index in [4.69, 9.17) is 5.73 Å². The molecule has 1 saturated heterocycles. The van der Waals surface area contributed by atoms with E-state index in [1.807, 2.05) is 18.2 Å². The molecule has 1 fully saturated rings. The molecule has 0 bridgehead atoms. The fourth-order valence-corrected chi connectivity index (χ4v) is 3.24. The summed E-state index contributed by atoms with van der Waals surface area (Å²) in [6.07, 6.45) is 3.79. The molecule has 1 aliphatic rings. The van der Waals surface area contributed by atoms with Gasteiger partial charge in [0.05, 0.1) is 12.5 Å². The Morgan fingerprint density at radius 3 is 2.65 bits per heavy atom. The van der Waals surface area contributed by atoms with Gasteiger partial charge in [0, 0.05) is 25.0 Å². The van der Waals surface area contributed by atoms with Crippen molar-refractivity contribution in [1.29, 1.82) is 0 Å². The van der Waals surface area contributed by atoms with Gasteiger partial charge in [-0.05, 0) is 43.3 Å². The number of nitrogens with two attached hydrogens (primary N) is 1. The van der Waals surface area contributed by atoms with Crippen LogP contribution in [0, 0.1) is 5.92 Å². The molecule has 23 heavy (non-hydrogen) atoms. The smallest absolute Gasteiger partial charge is 0.236 e. The molecule has 5 nitrogen and oxygen atoms in total. The summed E-state index contributed by atoms with van der Waals surface area (Å²) >= 11 is 1.70. The summed E-state index contributed by atoms with van der Waals surface area (Å²) in [5.41, 5.74) is 6.50. The molecule has 2 rings (SSSR count). The Morgan fingerprint density at radius 1 is 1.35 bits per heavy atom. The summed E-state index contributed by atoms with van der Waals surface area (Å²) in [6, 6.07) is 8.25. The molecule has 2 N–H and O–H groups in total. The van der Waals surface area contributed by atoms with Crippen LogP contribution in [0.15, 0.2) is 29.2 Å². The molecule has 0 aromatic heterocycles. The number of rotatable bonds is 6. The summed E-state index contributed by atoms with van der Waals surface area (Å²) in [4.78, 5) is 28.7. The molecule has 1 atom stereocenters. The molecular weight excluding hydrogens is 310 g/mol. The zero-order chi connectivity index (χ0) is 16.8. The quantitative estimate of drug-likeness (QED) is 0.801. The molecule has 0 saturated carbocycles. The lowest BCUT2D eigenvalue weighted by Crippen LogP contribution is -2.45. The van der Waals surface area contributed by atoms with E-state index < -0.39 is 0 Å². The molecule has 1 heterocycles. The van der Waals surface area contributed by atoms with E-state index in [9.17, 15) is 9.59 Å². The van der Waals surface area contributed by atoms with Crippen LogP contribution in [0.5, 0.6) is 0 Å². The third kappa shape index (κ3) is 5.25. The summed E-state index contributed by atoms with van der Waals surface area (Å²) in [6.45, 7) is 2.40. The third-order valence-electron chi connectivity index (χ3n) is 4.27. The van der Waals surface area contributed by atoms with Crippen molar-refractivity contribution in [2.75, 3.05) is 32.9 Å². The highest BCUT2D eigenvalue weighted by atomic mass is 32.2. The van der Waals surface area contributed by atoms with Crippen molar-refractivity contribution < 1.29 is 9.59 Å². The van der Waals surface area contributed by atoms with Gasteiger partial charge in [0.15, 0.2) is 0 Å². The van der Waals surface area contributed by atoms with Gasteiger partial charge in [0.2, 0.25) is 11.8 Å². The maximum absolute atomic E-state index is 12.4. The van der Waals surface area contributed by atoms with Gasteiger partial charge in [-0.25, -0.2) is 0 Å². The summed E-state index contributed by atoms with van der Waals surface area (Å²) < 4.78 is 0. The van der Waals surface area contributed by atoms with Crippen molar-refractivity contribution >= 4 is 23.6 Å². The molecule has 0 unspecified atom stereocenters. The second kappa shape index (κ2) is 8.36. The Kier molecular flexibility index (Phi) is 6.47. The first-order valence-corrected chi connectivity index (χ1v) is 9.10. The fraction of sp³-hybridized carbons (Fsp3) is 0.529. The lowest BCUT2D eigenvalue weighted by molar-refractivity contribution is -0.133. The van der Waals surface area contributed by atoms with Crippen molar-refractivity contribution in [2.45, 2.75) is 24.3 Å². The standard InChI is InChI=1S/C17H25N3O2S/c1-19(10-13-5-7-15(23-2)8-6-13)16(21)12-20-9-3-4-14(11-20)17(18)22/h5-8,14H,3-4,9-12H2,1-2H3,(H2,18,22)/t14-/m0/s1. The van der Waals surface area contributed by atoms with Crippen molar-refractivity contribution in [1.82, 2.24) is 9.80 Å². The highest BCUT2D eigenvalue weighted by Crippen LogP contribution is 2.17. The molecule has 126 valence electrons. The van der Waals surface area contributed by atoms with Crippen molar-refractivity contribution in [3.63, 3.8) is 0 Å². The molecule has 0 spiro atoms. The van der Waals surface area contributed by atoms with Gasteiger partial charge in [-0.1, -0.05) is 12.1 Å². The monoisotopic (exact) mass is 335 g/mol. The van der Waals surface area contributed by atoms with Crippen LogP contribution >= 0.6 is 11.8 Å². The summed E-state index contributed by atoms with van der Waals surface area (Å²) in [5, 5.41) is 0. The SMILES string of the molecule is CSc1ccc(CN(C)C(=O)CN2CCC[C@H](C(N)=O)C2)cc1. The highest BCUT2D eigenvalue weighted by molar-refractivity contribution is 7.98. The topological polar surface area (TPSA) is 66.6 Å². The molecular formula is C17H25N3O2S. The second-order valence-corrected chi connectivity index (χ2v) is 6.95. The zero-order valence-electron chi connectivity index (χ0n) is 13.8. The minimum absolute atomic E-state index is 0.0732. The summed E-state index contributed by atoms with van der Waals surface area (Å²) in [7, 11) is 1.82. The largest absolute Gasteiger partial charge is 0.369 e. The number of amides is 2. The van der Waals surface area contributed by atoms with Crippen LogP contribution in [0.1, 0.15) is 18.4 Å². The maximum atomic E-state index is 12.4. The Morgan fingerprint density at radius 2 is 2.04 bits per heavy atom. The van der Waals surface area contributed by atoms with Gasteiger partial charge < -0.3 is 10.6 Å². The number of nitrogens with zero attached hydrogens (tertiary/aromatic N) is 2. The van der Waals surface area contributed by atoms with Crippen molar-refractivity contribution in [2.24, 2.45) is 11.7 Å². The minimum Gasteiger partial charge on any atom is -0.369 e. The van der Waals surface area contributed by atoms with E-state index in [1.54, 1.807) is 16.7 Å². The third-order valence-corrected chi connectivity index (χ3v) is 5.01. The molecule has 1 aromatic rings. The van der Waals surface area contributed by atoms with E-state index in [-0.39, 0.29) is 17.7 Å². The van der Waals surface area contributed by atoms with Gasteiger partial charge in [-0.3, -0.25) is 14.5 Å². The first-order valence-electron chi connectivity index (χ1n) is 7.88. The number of primary amides is 1. The van der Waals surface area contributed by atoms with Gasteiger partial charge in [0.25, 0.3) is 0 Å². The van der Waals surface area contributed by atoms with Gasteiger partial charge >= 0.3 is 0 Å². The Bertz CT molecular complexity index is 547. The van der Waals surface area contributed by atoms with E-state index in [0.717, 1.165) is 24.9 Å². The number of carbonyl (C=O) groups excluding carboxylic acids is 2. The Labute approximate surface area is 142 Å². The van der Waals surface area contributed by atoms with Crippen LogP contribution in [0.3, 0.4) is 0 Å². The molecule has 1 aromatic carbocycles. The Hall–Kier alpha value is -1.53. The normalized spacial score (nSPS) is 18.6.